The molecule has 0 spiro atoms. The molecule has 0 bridgehead atoms. The van der Waals surface area contributed by atoms with E-state index in [0.717, 1.165) is 42.5 Å². The van der Waals surface area contributed by atoms with Gasteiger partial charge >= 0.3 is 0 Å². The fourth-order valence-corrected chi connectivity index (χ4v) is 5.66. The van der Waals surface area contributed by atoms with E-state index in [1.165, 1.54) is 0 Å². The summed E-state index contributed by atoms with van der Waals surface area (Å²) in [7, 11) is 1.81. The van der Waals surface area contributed by atoms with Crippen molar-refractivity contribution in [1.29, 1.82) is 0 Å². The van der Waals surface area contributed by atoms with E-state index >= 15 is 0 Å². The molecule has 1 saturated carbocycles. The first-order chi connectivity index (χ1) is 19.4. The number of hydrogen-bond donors (Lipinski definition) is 1. The van der Waals surface area contributed by atoms with E-state index in [2.05, 4.69) is 10.2 Å². The van der Waals surface area contributed by atoms with Crippen LogP contribution in [0, 0.1) is 12.8 Å². The van der Waals surface area contributed by atoms with E-state index in [9.17, 15) is 14.4 Å². The molecule has 1 aliphatic heterocycles. The van der Waals surface area contributed by atoms with Crippen molar-refractivity contribution in [3.05, 3.63) is 95.1 Å². The summed E-state index contributed by atoms with van der Waals surface area (Å²) in [5, 5.41) is 3.06. The molecule has 3 aromatic carbocycles. The Hall–Kier alpha value is -4.13. The summed E-state index contributed by atoms with van der Waals surface area (Å²) in [5.74, 6) is 0.000690. The lowest BCUT2D eigenvalue weighted by molar-refractivity contribution is -0.119. The predicted molar refractivity (Wildman–Crippen MR) is 159 cm³/mol. The molecule has 7 nitrogen and oxygen atoms in total. The Morgan fingerprint density at radius 2 is 1.55 bits per heavy atom. The van der Waals surface area contributed by atoms with Crippen LogP contribution >= 0.6 is 0 Å². The van der Waals surface area contributed by atoms with Gasteiger partial charge in [0.05, 0.1) is 5.56 Å². The van der Waals surface area contributed by atoms with Crippen molar-refractivity contribution in [2.45, 2.75) is 39.2 Å². The van der Waals surface area contributed by atoms with Gasteiger partial charge in [-0.05, 0) is 55.7 Å². The average molecular weight is 539 g/mol. The lowest BCUT2D eigenvalue weighted by Crippen LogP contribution is -2.49. The van der Waals surface area contributed by atoms with Crippen molar-refractivity contribution < 1.29 is 14.4 Å². The van der Waals surface area contributed by atoms with E-state index in [0.29, 0.717) is 49.5 Å². The number of aryl methyl sites for hydroxylation is 1. The Bertz CT molecular complexity index is 1340. The van der Waals surface area contributed by atoms with Crippen LogP contribution in [-0.4, -0.2) is 60.7 Å². The number of nitrogens with zero attached hydrogens (tertiary/aromatic N) is 3. The Morgan fingerprint density at radius 3 is 2.23 bits per heavy atom. The van der Waals surface area contributed by atoms with Crippen LogP contribution in [0.25, 0.3) is 0 Å². The van der Waals surface area contributed by atoms with Gasteiger partial charge in [-0.2, -0.15) is 0 Å². The molecule has 1 aliphatic carbocycles. The third kappa shape index (κ3) is 6.36. The molecule has 0 unspecified atom stereocenters. The highest BCUT2D eigenvalue weighted by Crippen LogP contribution is 2.30. The number of carbonyl (C=O) groups is 3. The largest absolute Gasteiger partial charge is 0.367 e. The lowest BCUT2D eigenvalue weighted by Gasteiger charge is -2.37. The minimum Gasteiger partial charge on any atom is -0.367 e. The molecule has 5 rings (SSSR count). The number of anilines is 2. The third-order valence-corrected chi connectivity index (χ3v) is 8.04. The van der Waals surface area contributed by atoms with Crippen LogP contribution in [0.5, 0.6) is 0 Å². The summed E-state index contributed by atoms with van der Waals surface area (Å²) < 4.78 is 0. The van der Waals surface area contributed by atoms with E-state index in [4.69, 9.17) is 0 Å². The minimum atomic E-state index is -0.103. The van der Waals surface area contributed by atoms with Gasteiger partial charge in [-0.25, -0.2) is 0 Å². The molecule has 1 heterocycles. The summed E-state index contributed by atoms with van der Waals surface area (Å²) >= 11 is 0. The Labute approximate surface area is 236 Å². The smallest absolute Gasteiger partial charge is 0.256 e. The molecule has 1 saturated heterocycles. The molecule has 3 aromatic rings. The summed E-state index contributed by atoms with van der Waals surface area (Å²) in [4.78, 5) is 45.5. The van der Waals surface area contributed by atoms with Crippen molar-refractivity contribution in [1.82, 2.24) is 9.80 Å². The van der Waals surface area contributed by atoms with Gasteiger partial charge in [0.2, 0.25) is 5.91 Å². The second kappa shape index (κ2) is 12.4. The highest BCUT2D eigenvalue weighted by molar-refractivity contribution is 6.02. The van der Waals surface area contributed by atoms with Crippen LogP contribution in [0.3, 0.4) is 0 Å². The fraction of sp³-hybridized carbons (Fsp3) is 0.364. The summed E-state index contributed by atoms with van der Waals surface area (Å²) in [6.07, 6.45) is 4.01. The SMILES string of the molecule is Cc1ccc(C(=O)N2CCN(c3ccc(NC(=O)C4CCCC4)cc3C(=O)N(C)Cc3ccccc3)CC2)cc1. The van der Waals surface area contributed by atoms with Crippen LogP contribution < -0.4 is 10.2 Å². The highest BCUT2D eigenvalue weighted by atomic mass is 16.2. The molecule has 2 aliphatic rings. The number of hydrogen-bond acceptors (Lipinski definition) is 4. The second-order valence-corrected chi connectivity index (χ2v) is 11.0. The molecule has 0 atom stereocenters. The molecule has 0 radical (unpaired) electrons. The molecule has 0 aromatic heterocycles. The van der Waals surface area contributed by atoms with Crippen LogP contribution in [0.15, 0.2) is 72.8 Å². The number of nitrogens with one attached hydrogen (secondary N) is 1. The van der Waals surface area contributed by atoms with Gasteiger partial charge < -0.3 is 20.0 Å². The van der Waals surface area contributed by atoms with E-state index < -0.39 is 0 Å². The molecular weight excluding hydrogens is 500 g/mol. The fourth-order valence-electron chi connectivity index (χ4n) is 5.66. The maximum absolute atomic E-state index is 13.8. The van der Waals surface area contributed by atoms with Gasteiger partial charge in [-0.1, -0.05) is 60.9 Å². The first-order valence-electron chi connectivity index (χ1n) is 14.2. The van der Waals surface area contributed by atoms with Gasteiger partial charge in [0.25, 0.3) is 11.8 Å². The molecule has 3 amide bonds. The number of carbonyl (C=O) groups excluding carboxylic acids is 3. The molecule has 1 N–H and O–H groups in total. The maximum atomic E-state index is 13.8. The Kier molecular flexibility index (Phi) is 8.48. The predicted octanol–water partition coefficient (Wildman–Crippen LogP) is 5.36. The van der Waals surface area contributed by atoms with Gasteiger partial charge in [0.1, 0.15) is 0 Å². The van der Waals surface area contributed by atoms with Gasteiger partial charge in [-0.15, -0.1) is 0 Å². The molecule has 2 fully saturated rings. The summed E-state index contributed by atoms with van der Waals surface area (Å²) in [5.41, 5.74) is 4.89. The zero-order valence-corrected chi connectivity index (χ0v) is 23.4. The van der Waals surface area contributed by atoms with E-state index in [1.54, 1.807) is 11.9 Å². The quantitative estimate of drug-likeness (QED) is 0.440. The third-order valence-electron chi connectivity index (χ3n) is 8.04. The van der Waals surface area contributed by atoms with Crippen molar-refractivity contribution in [3.8, 4) is 0 Å². The monoisotopic (exact) mass is 538 g/mol. The van der Waals surface area contributed by atoms with Crippen molar-refractivity contribution in [2.75, 3.05) is 43.4 Å². The maximum Gasteiger partial charge on any atom is 0.256 e. The van der Waals surface area contributed by atoms with Crippen molar-refractivity contribution in [3.63, 3.8) is 0 Å². The van der Waals surface area contributed by atoms with Crippen molar-refractivity contribution in [2.24, 2.45) is 5.92 Å². The van der Waals surface area contributed by atoms with Gasteiger partial charge in [-0.3, -0.25) is 14.4 Å². The lowest BCUT2D eigenvalue weighted by atomic mass is 10.1. The Balaban J connectivity index is 1.34. The second-order valence-electron chi connectivity index (χ2n) is 11.0. The van der Waals surface area contributed by atoms with Crippen LogP contribution in [0.4, 0.5) is 11.4 Å². The van der Waals surface area contributed by atoms with Gasteiger partial charge in [0, 0.05) is 62.6 Å². The number of piperazine rings is 1. The number of benzene rings is 3. The van der Waals surface area contributed by atoms with Crippen LogP contribution in [-0.2, 0) is 11.3 Å². The van der Waals surface area contributed by atoms with E-state index in [-0.39, 0.29) is 23.6 Å². The highest BCUT2D eigenvalue weighted by Gasteiger charge is 2.27. The number of rotatable bonds is 7. The molecule has 208 valence electrons. The zero-order chi connectivity index (χ0) is 28.1. The minimum absolute atomic E-state index is 0.0310. The van der Waals surface area contributed by atoms with Crippen molar-refractivity contribution >= 4 is 29.1 Å². The molecule has 40 heavy (non-hydrogen) atoms. The first-order valence-corrected chi connectivity index (χ1v) is 14.2. The zero-order valence-electron chi connectivity index (χ0n) is 23.4. The molecule has 7 heteroatoms. The summed E-state index contributed by atoms with van der Waals surface area (Å²) in [6.45, 7) is 4.87. The summed E-state index contributed by atoms with van der Waals surface area (Å²) in [6, 6.07) is 23.2. The number of amides is 3. The Morgan fingerprint density at radius 1 is 0.875 bits per heavy atom. The first kappa shape index (κ1) is 27.4. The standard InChI is InChI=1S/C33H38N4O3/c1-24-12-14-27(15-13-24)32(39)37-20-18-36(19-21-37)30-17-16-28(34-31(38)26-10-6-7-11-26)22-29(30)33(40)35(2)23-25-8-4-3-5-9-25/h3-5,8-9,12-17,22,26H,6-7,10-11,18-21,23H2,1-2H3,(H,34,38). The van der Waals surface area contributed by atoms with E-state index in [1.807, 2.05) is 84.6 Å². The van der Waals surface area contributed by atoms with Gasteiger partial charge in [0.15, 0.2) is 0 Å². The average Bonchev–Trinajstić information content (AvgIpc) is 3.53. The molecular formula is C33H38N4O3. The van der Waals surface area contributed by atoms with Crippen LogP contribution in [0.2, 0.25) is 0 Å². The van der Waals surface area contributed by atoms with Crippen LogP contribution in [0.1, 0.15) is 57.5 Å². The normalized spacial score (nSPS) is 15.7. The topological polar surface area (TPSA) is 73.0 Å².